The lowest BCUT2D eigenvalue weighted by molar-refractivity contribution is 0.200. The highest BCUT2D eigenvalue weighted by Gasteiger charge is 2.28. The Morgan fingerprint density at radius 2 is 2.18 bits per heavy atom. The minimum absolute atomic E-state index is 0.00616. The first-order valence-corrected chi connectivity index (χ1v) is 6.33. The van der Waals surface area contributed by atoms with Crippen LogP contribution in [-0.4, -0.2) is 17.8 Å². The van der Waals surface area contributed by atoms with E-state index in [1.54, 1.807) is 6.07 Å². The third-order valence-electron chi connectivity index (χ3n) is 3.73. The average molecular weight is 237 g/mol. The van der Waals surface area contributed by atoms with Crippen LogP contribution in [0, 0.1) is 11.7 Å². The van der Waals surface area contributed by atoms with Gasteiger partial charge in [-0.05, 0) is 31.7 Å². The minimum Gasteiger partial charge on any atom is -0.396 e. The van der Waals surface area contributed by atoms with Crippen molar-refractivity contribution in [2.24, 2.45) is 5.92 Å². The summed E-state index contributed by atoms with van der Waals surface area (Å²) in [4.78, 5) is 0. The van der Waals surface area contributed by atoms with Crippen molar-refractivity contribution >= 4 is 0 Å². The highest BCUT2D eigenvalue weighted by atomic mass is 19.1. The molecular formula is C14H20FNO. The molecule has 1 aromatic carbocycles. The standard InChI is InChI=1S/C14H20FNO/c1-10(12-6-2-3-7-13(12)15)16-14-8-4-5-11(14)9-17/h2-3,6-7,10-11,14,16-17H,4-5,8-9H2,1H3. The summed E-state index contributed by atoms with van der Waals surface area (Å²) in [6.07, 6.45) is 3.29. The molecule has 3 atom stereocenters. The van der Waals surface area contributed by atoms with Gasteiger partial charge in [0.25, 0.3) is 0 Å². The molecule has 3 unspecified atom stereocenters. The van der Waals surface area contributed by atoms with Gasteiger partial charge in [0.2, 0.25) is 0 Å². The molecule has 0 bridgehead atoms. The van der Waals surface area contributed by atoms with Crippen molar-refractivity contribution in [3.8, 4) is 0 Å². The van der Waals surface area contributed by atoms with Crippen LogP contribution in [0.3, 0.4) is 0 Å². The van der Waals surface area contributed by atoms with E-state index in [0.717, 1.165) is 19.3 Å². The molecule has 2 rings (SSSR count). The van der Waals surface area contributed by atoms with Crippen LogP contribution in [0.25, 0.3) is 0 Å². The summed E-state index contributed by atoms with van der Waals surface area (Å²) in [5, 5.41) is 12.7. The van der Waals surface area contributed by atoms with Crippen molar-refractivity contribution in [1.82, 2.24) is 5.32 Å². The highest BCUT2D eigenvalue weighted by molar-refractivity contribution is 5.20. The zero-order valence-corrected chi connectivity index (χ0v) is 10.2. The molecule has 17 heavy (non-hydrogen) atoms. The molecule has 0 amide bonds. The summed E-state index contributed by atoms with van der Waals surface area (Å²) in [5.41, 5.74) is 0.705. The molecule has 0 aromatic heterocycles. The maximum Gasteiger partial charge on any atom is 0.127 e. The molecule has 0 heterocycles. The fraction of sp³-hybridized carbons (Fsp3) is 0.571. The molecule has 0 spiro atoms. The molecule has 0 radical (unpaired) electrons. The van der Waals surface area contributed by atoms with E-state index in [4.69, 9.17) is 0 Å². The lowest BCUT2D eigenvalue weighted by Gasteiger charge is -2.24. The van der Waals surface area contributed by atoms with E-state index < -0.39 is 0 Å². The van der Waals surface area contributed by atoms with E-state index in [1.807, 2.05) is 19.1 Å². The van der Waals surface area contributed by atoms with Crippen molar-refractivity contribution in [3.63, 3.8) is 0 Å². The van der Waals surface area contributed by atoms with E-state index in [0.29, 0.717) is 17.5 Å². The largest absolute Gasteiger partial charge is 0.396 e. The van der Waals surface area contributed by atoms with Crippen LogP contribution < -0.4 is 5.32 Å². The molecule has 0 aliphatic heterocycles. The second-order valence-corrected chi connectivity index (χ2v) is 4.89. The number of nitrogens with one attached hydrogen (secondary N) is 1. The van der Waals surface area contributed by atoms with E-state index in [-0.39, 0.29) is 18.5 Å². The summed E-state index contributed by atoms with van der Waals surface area (Å²) in [6, 6.07) is 7.18. The quantitative estimate of drug-likeness (QED) is 0.843. The number of benzene rings is 1. The molecule has 94 valence electrons. The molecular weight excluding hydrogens is 217 g/mol. The number of hydrogen-bond donors (Lipinski definition) is 2. The van der Waals surface area contributed by atoms with Crippen LogP contribution in [0.15, 0.2) is 24.3 Å². The molecule has 3 heteroatoms. The molecule has 2 nitrogen and oxygen atoms in total. The van der Waals surface area contributed by atoms with E-state index in [2.05, 4.69) is 5.32 Å². The predicted octanol–water partition coefficient (Wildman–Crippen LogP) is 2.64. The van der Waals surface area contributed by atoms with Gasteiger partial charge in [-0.25, -0.2) is 4.39 Å². The third kappa shape index (κ3) is 2.85. The van der Waals surface area contributed by atoms with Crippen molar-refractivity contribution in [2.45, 2.75) is 38.3 Å². The zero-order chi connectivity index (χ0) is 12.3. The topological polar surface area (TPSA) is 32.3 Å². The van der Waals surface area contributed by atoms with Gasteiger partial charge in [-0.3, -0.25) is 0 Å². The molecule has 1 aromatic rings. The van der Waals surface area contributed by atoms with Crippen molar-refractivity contribution in [2.75, 3.05) is 6.61 Å². The van der Waals surface area contributed by atoms with E-state index >= 15 is 0 Å². The lowest BCUT2D eigenvalue weighted by Crippen LogP contribution is -2.36. The average Bonchev–Trinajstić information content (AvgIpc) is 2.76. The zero-order valence-electron chi connectivity index (χ0n) is 10.2. The maximum atomic E-state index is 13.6. The summed E-state index contributed by atoms with van der Waals surface area (Å²) in [7, 11) is 0. The van der Waals surface area contributed by atoms with Gasteiger partial charge in [0, 0.05) is 24.3 Å². The van der Waals surface area contributed by atoms with E-state index in [9.17, 15) is 9.50 Å². The van der Waals surface area contributed by atoms with E-state index in [1.165, 1.54) is 6.07 Å². The number of halogens is 1. The molecule has 1 aliphatic carbocycles. The molecule has 1 aliphatic rings. The summed E-state index contributed by atoms with van der Waals surface area (Å²) >= 11 is 0. The summed E-state index contributed by atoms with van der Waals surface area (Å²) in [5.74, 6) is 0.162. The van der Waals surface area contributed by atoms with Gasteiger partial charge >= 0.3 is 0 Å². The fourth-order valence-electron chi connectivity index (χ4n) is 2.71. The highest BCUT2D eigenvalue weighted by Crippen LogP contribution is 2.28. The van der Waals surface area contributed by atoms with Crippen LogP contribution in [0.2, 0.25) is 0 Å². The van der Waals surface area contributed by atoms with Gasteiger partial charge in [0.15, 0.2) is 0 Å². The Bertz CT molecular complexity index is 369. The van der Waals surface area contributed by atoms with Crippen LogP contribution in [0.4, 0.5) is 4.39 Å². The number of hydrogen-bond acceptors (Lipinski definition) is 2. The van der Waals surface area contributed by atoms with Crippen molar-refractivity contribution < 1.29 is 9.50 Å². The van der Waals surface area contributed by atoms with Gasteiger partial charge in [0.05, 0.1) is 0 Å². The predicted molar refractivity (Wildman–Crippen MR) is 66.2 cm³/mol. The van der Waals surface area contributed by atoms with Gasteiger partial charge in [-0.15, -0.1) is 0 Å². The Morgan fingerprint density at radius 1 is 1.41 bits per heavy atom. The Hall–Kier alpha value is -0.930. The van der Waals surface area contributed by atoms with Gasteiger partial charge in [-0.1, -0.05) is 24.6 Å². The molecule has 1 saturated carbocycles. The number of rotatable bonds is 4. The Kier molecular flexibility index (Phi) is 4.13. The molecule has 1 fully saturated rings. The second kappa shape index (κ2) is 5.61. The normalized spacial score (nSPS) is 26.1. The second-order valence-electron chi connectivity index (χ2n) is 4.89. The third-order valence-corrected chi connectivity index (χ3v) is 3.73. The SMILES string of the molecule is CC(NC1CCCC1CO)c1ccccc1F. The lowest BCUT2D eigenvalue weighted by atomic mass is 10.0. The first-order valence-electron chi connectivity index (χ1n) is 6.33. The van der Waals surface area contributed by atoms with Crippen LogP contribution in [0.1, 0.15) is 37.8 Å². The monoisotopic (exact) mass is 237 g/mol. The summed E-state index contributed by atoms with van der Waals surface area (Å²) < 4.78 is 13.6. The smallest absolute Gasteiger partial charge is 0.127 e. The minimum atomic E-state index is -0.161. The Balaban J connectivity index is 2.01. The summed E-state index contributed by atoms with van der Waals surface area (Å²) in [6.45, 7) is 2.20. The fourth-order valence-corrected chi connectivity index (χ4v) is 2.71. The molecule has 0 saturated heterocycles. The number of aliphatic hydroxyl groups excluding tert-OH is 1. The van der Waals surface area contributed by atoms with Crippen LogP contribution in [0.5, 0.6) is 0 Å². The van der Waals surface area contributed by atoms with Gasteiger partial charge in [-0.2, -0.15) is 0 Å². The van der Waals surface area contributed by atoms with Crippen LogP contribution >= 0.6 is 0 Å². The van der Waals surface area contributed by atoms with Gasteiger partial charge < -0.3 is 10.4 Å². The first-order chi connectivity index (χ1) is 8.22. The maximum absolute atomic E-state index is 13.6. The molecule has 2 N–H and O–H groups in total. The van der Waals surface area contributed by atoms with Crippen molar-refractivity contribution in [1.29, 1.82) is 0 Å². The van der Waals surface area contributed by atoms with Gasteiger partial charge in [0.1, 0.15) is 5.82 Å². The van der Waals surface area contributed by atoms with Crippen LogP contribution in [-0.2, 0) is 0 Å². The Labute approximate surface area is 102 Å². The Morgan fingerprint density at radius 3 is 2.88 bits per heavy atom. The van der Waals surface area contributed by atoms with Crippen molar-refractivity contribution in [3.05, 3.63) is 35.6 Å². The first kappa shape index (κ1) is 12.5. The number of aliphatic hydroxyl groups is 1.